The van der Waals surface area contributed by atoms with Gasteiger partial charge >= 0.3 is 5.97 Å². The summed E-state index contributed by atoms with van der Waals surface area (Å²) in [6.45, 7) is 5.23. The van der Waals surface area contributed by atoms with Crippen molar-refractivity contribution < 1.29 is 9.90 Å². The highest BCUT2D eigenvalue weighted by Gasteiger charge is 2.45. The van der Waals surface area contributed by atoms with E-state index in [1.165, 1.54) is 19.0 Å². The summed E-state index contributed by atoms with van der Waals surface area (Å²) in [5.41, 5.74) is 1.83. The molecular weight excluding hydrogens is 268 g/mol. The van der Waals surface area contributed by atoms with Crippen molar-refractivity contribution in [3.05, 3.63) is 18.0 Å². The van der Waals surface area contributed by atoms with Gasteiger partial charge in [-0.1, -0.05) is 13.8 Å². The van der Waals surface area contributed by atoms with Crippen molar-refractivity contribution in [2.45, 2.75) is 26.7 Å². The number of carboxylic acid groups (broad SMARTS) is 1. The Bertz CT molecular complexity index is 701. The Kier molecular flexibility index (Phi) is 3.11. The van der Waals surface area contributed by atoms with Crippen LogP contribution in [0.1, 0.15) is 37.0 Å². The van der Waals surface area contributed by atoms with Gasteiger partial charge in [-0.2, -0.15) is 5.10 Å². The maximum Gasteiger partial charge on any atom is 0.339 e. The van der Waals surface area contributed by atoms with Gasteiger partial charge in [-0.3, -0.25) is 4.68 Å². The number of anilines is 1. The predicted molar refractivity (Wildman–Crippen MR) is 80.5 cm³/mol. The lowest BCUT2D eigenvalue weighted by atomic mass is 9.92. The quantitative estimate of drug-likeness (QED) is 0.883. The number of carbonyl (C=O) groups is 1. The molecular formula is C15H20N4O2. The zero-order valence-electron chi connectivity index (χ0n) is 12.6. The lowest BCUT2D eigenvalue weighted by Crippen LogP contribution is -2.22. The van der Waals surface area contributed by atoms with Crippen LogP contribution in [-0.2, 0) is 7.05 Å². The molecule has 0 spiro atoms. The van der Waals surface area contributed by atoms with Crippen LogP contribution in [0.4, 0.5) is 5.69 Å². The summed E-state index contributed by atoms with van der Waals surface area (Å²) in [5.74, 6) is -0.380. The Morgan fingerprint density at radius 1 is 1.48 bits per heavy atom. The van der Waals surface area contributed by atoms with Crippen LogP contribution in [0.15, 0.2) is 12.4 Å². The van der Waals surface area contributed by atoms with Crippen molar-refractivity contribution in [1.82, 2.24) is 14.8 Å². The summed E-state index contributed by atoms with van der Waals surface area (Å²) in [4.78, 5) is 15.6. The lowest BCUT2D eigenvalue weighted by Gasteiger charge is -2.21. The van der Waals surface area contributed by atoms with Gasteiger partial charge in [0, 0.05) is 19.8 Å². The fourth-order valence-electron chi connectivity index (χ4n) is 2.83. The molecule has 0 amide bonds. The van der Waals surface area contributed by atoms with Crippen molar-refractivity contribution in [2.24, 2.45) is 18.4 Å². The number of rotatable bonds is 5. The number of aryl methyl sites for hydroxylation is 1. The first-order valence-electron chi connectivity index (χ1n) is 7.22. The van der Waals surface area contributed by atoms with Gasteiger partial charge in [-0.25, -0.2) is 9.78 Å². The number of nitrogens with one attached hydrogen (secondary N) is 1. The van der Waals surface area contributed by atoms with Crippen molar-refractivity contribution >= 4 is 22.7 Å². The molecule has 2 aromatic rings. The fourth-order valence-corrected chi connectivity index (χ4v) is 2.83. The van der Waals surface area contributed by atoms with E-state index in [0.717, 1.165) is 11.9 Å². The zero-order chi connectivity index (χ0) is 15.2. The van der Waals surface area contributed by atoms with Gasteiger partial charge in [0.1, 0.15) is 5.56 Å². The molecule has 21 heavy (non-hydrogen) atoms. The van der Waals surface area contributed by atoms with E-state index in [9.17, 15) is 9.90 Å². The molecule has 0 atom stereocenters. The number of aromatic nitrogens is 3. The molecule has 0 radical (unpaired) electrons. The lowest BCUT2D eigenvalue weighted by molar-refractivity contribution is 0.0697. The number of nitrogens with zero attached hydrogens (tertiary/aromatic N) is 3. The molecule has 0 saturated heterocycles. The molecule has 112 valence electrons. The minimum absolute atomic E-state index is 0.204. The summed E-state index contributed by atoms with van der Waals surface area (Å²) in [6, 6.07) is 0. The van der Waals surface area contributed by atoms with Crippen LogP contribution < -0.4 is 5.32 Å². The van der Waals surface area contributed by atoms with Crippen molar-refractivity contribution in [1.29, 1.82) is 0 Å². The number of carboxylic acids is 1. The topological polar surface area (TPSA) is 80.0 Å². The normalized spacial score (nSPS) is 16.4. The van der Waals surface area contributed by atoms with Crippen LogP contribution in [0.25, 0.3) is 11.0 Å². The van der Waals surface area contributed by atoms with Gasteiger partial charge in [0.15, 0.2) is 5.65 Å². The Morgan fingerprint density at radius 2 is 2.19 bits per heavy atom. The number of hydrogen-bond acceptors (Lipinski definition) is 4. The molecule has 1 aliphatic rings. The van der Waals surface area contributed by atoms with Crippen LogP contribution in [0, 0.1) is 11.3 Å². The van der Waals surface area contributed by atoms with E-state index < -0.39 is 5.97 Å². The molecule has 1 aliphatic carbocycles. The van der Waals surface area contributed by atoms with Crippen LogP contribution in [0.3, 0.4) is 0 Å². The molecule has 2 heterocycles. The van der Waals surface area contributed by atoms with E-state index in [-0.39, 0.29) is 5.56 Å². The second-order valence-electron chi connectivity index (χ2n) is 6.23. The Balaban J connectivity index is 1.99. The molecule has 0 unspecified atom stereocenters. The summed E-state index contributed by atoms with van der Waals surface area (Å²) >= 11 is 0. The maximum atomic E-state index is 11.4. The largest absolute Gasteiger partial charge is 0.478 e. The molecule has 1 saturated carbocycles. The minimum atomic E-state index is -0.967. The molecule has 2 aromatic heterocycles. The van der Waals surface area contributed by atoms with E-state index in [1.807, 2.05) is 0 Å². The molecule has 6 nitrogen and oxygen atoms in total. The summed E-state index contributed by atoms with van der Waals surface area (Å²) in [5, 5.41) is 17.7. The van der Waals surface area contributed by atoms with Crippen molar-refractivity contribution in [2.75, 3.05) is 11.9 Å². The molecule has 0 bridgehead atoms. The first-order valence-corrected chi connectivity index (χ1v) is 7.22. The van der Waals surface area contributed by atoms with Crippen LogP contribution in [0.5, 0.6) is 0 Å². The summed E-state index contributed by atoms with van der Waals surface area (Å²) < 4.78 is 1.65. The van der Waals surface area contributed by atoms with E-state index >= 15 is 0 Å². The molecule has 0 aliphatic heterocycles. The molecule has 1 fully saturated rings. The SMILES string of the molecule is CC(C)C1(CNc2c(C(=O)O)cnc3c2cnn3C)CC1. The fraction of sp³-hybridized carbons (Fsp3) is 0.533. The Labute approximate surface area is 123 Å². The first-order chi connectivity index (χ1) is 9.94. The van der Waals surface area contributed by atoms with Gasteiger partial charge in [0.25, 0.3) is 0 Å². The average molecular weight is 288 g/mol. The van der Waals surface area contributed by atoms with E-state index in [4.69, 9.17) is 0 Å². The number of pyridine rings is 1. The third kappa shape index (κ3) is 2.24. The van der Waals surface area contributed by atoms with Crippen LogP contribution in [0.2, 0.25) is 0 Å². The van der Waals surface area contributed by atoms with Gasteiger partial charge in [-0.15, -0.1) is 0 Å². The van der Waals surface area contributed by atoms with Crippen LogP contribution in [-0.4, -0.2) is 32.4 Å². The van der Waals surface area contributed by atoms with Gasteiger partial charge in [0.2, 0.25) is 0 Å². The number of hydrogen-bond donors (Lipinski definition) is 2. The summed E-state index contributed by atoms with van der Waals surface area (Å²) in [6.07, 6.45) is 5.47. The van der Waals surface area contributed by atoms with Crippen LogP contribution >= 0.6 is 0 Å². The second kappa shape index (κ2) is 4.72. The highest BCUT2D eigenvalue weighted by atomic mass is 16.4. The Morgan fingerprint density at radius 3 is 2.76 bits per heavy atom. The molecule has 3 rings (SSSR count). The highest BCUT2D eigenvalue weighted by molar-refractivity contribution is 6.03. The monoisotopic (exact) mass is 288 g/mol. The van der Waals surface area contributed by atoms with Crippen molar-refractivity contribution in [3.8, 4) is 0 Å². The summed E-state index contributed by atoms with van der Waals surface area (Å²) in [7, 11) is 1.80. The van der Waals surface area contributed by atoms with Gasteiger partial charge in [0.05, 0.1) is 17.3 Å². The number of aromatic carboxylic acids is 1. The third-order valence-corrected chi connectivity index (χ3v) is 4.73. The van der Waals surface area contributed by atoms with Crippen molar-refractivity contribution in [3.63, 3.8) is 0 Å². The van der Waals surface area contributed by atoms with E-state index in [1.54, 1.807) is 17.9 Å². The standard InChI is InChI=1S/C15H20N4O2/c1-9(2)15(4-5-15)8-17-12-10-7-18-19(3)13(10)16-6-11(12)14(20)21/h6-7,9H,4-5,8H2,1-3H3,(H,16,17)(H,20,21). The second-order valence-corrected chi connectivity index (χ2v) is 6.23. The Hall–Kier alpha value is -2.11. The minimum Gasteiger partial charge on any atom is -0.478 e. The average Bonchev–Trinajstić information content (AvgIpc) is 3.15. The smallest absolute Gasteiger partial charge is 0.339 e. The molecule has 2 N–H and O–H groups in total. The maximum absolute atomic E-state index is 11.4. The van der Waals surface area contributed by atoms with E-state index in [2.05, 4.69) is 29.2 Å². The third-order valence-electron chi connectivity index (χ3n) is 4.73. The van der Waals surface area contributed by atoms with Gasteiger partial charge in [-0.05, 0) is 24.2 Å². The van der Waals surface area contributed by atoms with Gasteiger partial charge < -0.3 is 10.4 Å². The first kappa shape index (κ1) is 13.9. The highest BCUT2D eigenvalue weighted by Crippen LogP contribution is 2.51. The molecule has 6 heteroatoms. The predicted octanol–water partition coefficient (Wildman–Crippen LogP) is 2.51. The van der Waals surface area contributed by atoms with E-state index in [0.29, 0.717) is 22.7 Å². The molecule has 0 aromatic carbocycles. The number of fused-ring (bicyclic) bond motifs is 1. The zero-order valence-corrected chi connectivity index (χ0v) is 12.6.